The van der Waals surface area contributed by atoms with Gasteiger partial charge in [0.2, 0.25) is 29.6 Å². The van der Waals surface area contributed by atoms with Crippen LogP contribution in [0, 0.1) is 5.41 Å². The Bertz CT molecular complexity index is 2460. The van der Waals surface area contributed by atoms with Gasteiger partial charge in [0, 0.05) is 56.8 Å². The number of amides is 5. The summed E-state index contributed by atoms with van der Waals surface area (Å²) >= 11 is 6.56. The Balaban J connectivity index is 0.692. The van der Waals surface area contributed by atoms with Crippen LogP contribution in [0.5, 0.6) is 5.75 Å². The molecule has 320 valence electrons. The van der Waals surface area contributed by atoms with Gasteiger partial charge >= 0.3 is 0 Å². The van der Waals surface area contributed by atoms with Gasteiger partial charge in [-0.05, 0) is 98.7 Å². The van der Waals surface area contributed by atoms with Gasteiger partial charge in [-0.15, -0.1) is 0 Å². The molecule has 5 amide bonds. The molecule has 2 N–H and O–H groups in total. The largest absolute Gasteiger partial charge is 0.490 e. The molecule has 1 spiro atoms. The van der Waals surface area contributed by atoms with Crippen molar-refractivity contribution in [3.8, 4) is 17.0 Å². The molecule has 1 aliphatic carbocycles. The molecule has 7 heterocycles. The molecular weight excluding hydrogens is 810 g/mol. The van der Waals surface area contributed by atoms with Crippen LogP contribution in [0.4, 0.5) is 17.3 Å². The molecule has 62 heavy (non-hydrogen) atoms. The van der Waals surface area contributed by atoms with Crippen LogP contribution in [-0.2, 0) is 25.7 Å². The van der Waals surface area contributed by atoms with Gasteiger partial charge in [0.1, 0.15) is 17.9 Å². The van der Waals surface area contributed by atoms with E-state index in [1.165, 1.54) is 23.3 Å². The van der Waals surface area contributed by atoms with Crippen molar-refractivity contribution in [3.05, 3.63) is 88.8 Å². The summed E-state index contributed by atoms with van der Waals surface area (Å²) in [6, 6.07) is 15.0. The van der Waals surface area contributed by atoms with Gasteiger partial charge in [0.25, 0.3) is 5.91 Å². The van der Waals surface area contributed by atoms with E-state index in [4.69, 9.17) is 21.3 Å². The lowest BCUT2D eigenvalue weighted by Crippen LogP contribution is -2.52. The number of carbonyl (C=O) groups is 5. The van der Waals surface area contributed by atoms with Crippen molar-refractivity contribution >= 4 is 58.5 Å². The first-order valence-electron chi connectivity index (χ1n) is 21.7. The second-order valence-electron chi connectivity index (χ2n) is 17.5. The van der Waals surface area contributed by atoms with E-state index in [1.807, 2.05) is 34.1 Å². The maximum absolute atomic E-state index is 14.1. The van der Waals surface area contributed by atoms with Crippen LogP contribution in [0.25, 0.3) is 11.3 Å². The van der Waals surface area contributed by atoms with Gasteiger partial charge in [-0.25, -0.2) is 9.97 Å². The van der Waals surface area contributed by atoms with E-state index in [0.29, 0.717) is 97.3 Å². The zero-order chi connectivity index (χ0) is 42.5. The fourth-order valence-corrected chi connectivity index (χ4v) is 9.97. The number of nitrogens with zero attached hydrogens (tertiary/aromatic N) is 7. The Kier molecular flexibility index (Phi) is 10.6. The number of imide groups is 1. The van der Waals surface area contributed by atoms with Crippen LogP contribution in [0.1, 0.15) is 85.2 Å². The fourth-order valence-electron chi connectivity index (χ4n) is 9.77. The van der Waals surface area contributed by atoms with Gasteiger partial charge in [-0.3, -0.25) is 39.2 Å². The molecule has 16 heteroatoms. The molecule has 1 saturated carbocycles. The van der Waals surface area contributed by atoms with Gasteiger partial charge in [-0.2, -0.15) is 0 Å². The Hall–Kier alpha value is -5.93. The molecule has 5 aliphatic heterocycles. The number of hydrogen-bond donors (Lipinski definition) is 2. The average Bonchev–Trinajstić information content (AvgIpc) is 4.02. The molecule has 1 unspecified atom stereocenters. The summed E-state index contributed by atoms with van der Waals surface area (Å²) in [6.45, 7) is 3.72. The molecular formula is C46H48ClN9O6. The SMILES string of the molecule is O=C1CCC(N2Cc3cc(OC4CCN(CC(=O)N5CCC6(CC5)CCN(c5cncc(Nc7ncc(Cl)c(-c8cccc(C9CC9)c8)n7)c5)C6=O)CC4)ccc3C2=O)C(=O)N1. The molecule has 4 saturated heterocycles. The zero-order valence-electron chi connectivity index (χ0n) is 34.4. The van der Waals surface area contributed by atoms with Crippen LogP contribution >= 0.6 is 11.6 Å². The number of aromatic nitrogens is 3. The summed E-state index contributed by atoms with van der Waals surface area (Å²) in [6.07, 6.45) is 11.4. The number of pyridine rings is 1. The number of fused-ring (bicyclic) bond motifs is 1. The second kappa shape index (κ2) is 16.4. The molecule has 0 radical (unpaired) electrons. The maximum atomic E-state index is 14.1. The summed E-state index contributed by atoms with van der Waals surface area (Å²) in [4.78, 5) is 85.8. The van der Waals surface area contributed by atoms with Crippen molar-refractivity contribution in [2.45, 2.75) is 82.4 Å². The third kappa shape index (κ3) is 7.99. The van der Waals surface area contributed by atoms with Gasteiger partial charge in [-0.1, -0.05) is 29.8 Å². The van der Waals surface area contributed by atoms with E-state index in [0.717, 1.165) is 43.5 Å². The number of halogens is 1. The van der Waals surface area contributed by atoms with Gasteiger partial charge in [0.15, 0.2) is 0 Å². The minimum Gasteiger partial charge on any atom is -0.490 e. The van der Waals surface area contributed by atoms with Crippen molar-refractivity contribution in [1.29, 1.82) is 0 Å². The lowest BCUT2D eigenvalue weighted by Gasteiger charge is -2.39. The monoisotopic (exact) mass is 857 g/mol. The molecule has 2 aromatic carbocycles. The van der Waals surface area contributed by atoms with E-state index in [1.54, 1.807) is 30.7 Å². The fraction of sp³-hybridized carbons (Fsp3) is 0.435. The molecule has 10 rings (SSSR count). The normalized spacial score (nSPS) is 21.7. The summed E-state index contributed by atoms with van der Waals surface area (Å²) in [7, 11) is 0. The number of carbonyl (C=O) groups excluding carboxylic acids is 5. The summed E-state index contributed by atoms with van der Waals surface area (Å²) in [5.41, 5.74) is 5.12. The number of hydrogen-bond acceptors (Lipinski definition) is 11. The van der Waals surface area contributed by atoms with Crippen LogP contribution in [0.3, 0.4) is 0 Å². The van der Waals surface area contributed by atoms with Crippen molar-refractivity contribution in [1.82, 2.24) is 35.0 Å². The van der Waals surface area contributed by atoms with Crippen molar-refractivity contribution in [3.63, 3.8) is 0 Å². The van der Waals surface area contributed by atoms with Crippen molar-refractivity contribution in [2.75, 3.05) is 49.5 Å². The first kappa shape index (κ1) is 40.2. The Morgan fingerprint density at radius 2 is 1.71 bits per heavy atom. The quantitative estimate of drug-likeness (QED) is 0.194. The summed E-state index contributed by atoms with van der Waals surface area (Å²) in [5, 5.41) is 6.07. The van der Waals surface area contributed by atoms with Crippen LogP contribution in [0.15, 0.2) is 67.1 Å². The topological polar surface area (TPSA) is 170 Å². The van der Waals surface area contributed by atoms with Crippen molar-refractivity contribution < 1.29 is 28.7 Å². The van der Waals surface area contributed by atoms with Crippen LogP contribution < -0.4 is 20.3 Å². The molecule has 2 aromatic heterocycles. The third-order valence-corrected chi connectivity index (χ3v) is 13.8. The molecule has 15 nitrogen and oxygen atoms in total. The number of likely N-dealkylation sites (tertiary alicyclic amines) is 2. The minimum atomic E-state index is -0.658. The average molecular weight is 858 g/mol. The summed E-state index contributed by atoms with van der Waals surface area (Å²) < 4.78 is 6.34. The number of anilines is 3. The third-order valence-electron chi connectivity index (χ3n) is 13.5. The van der Waals surface area contributed by atoms with Gasteiger partial charge in [0.05, 0.1) is 52.6 Å². The predicted molar refractivity (Wildman–Crippen MR) is 230 cm³/mol. The standard InChI is InChI=1S/C46H48ClN9O6/c47-37-25-49-45(52-41(37)30-3-1-2-29(20-30)28-4-5-28)50-32-22-33(24-48-23-32)55-19-14-46(44(55)61)12-17-54(18-13-46)40(58)27-53-15-10-34(11-16-53)62-35-6-7-36-31(21-35)26-56(43(36)60)38-8-9-39(57)51-42(38)59/h1-3,6-7,20-25,28,34,38H,4-5,8-19,26-27H2,(H,49,50,52)(H,51,57,59). The number of piperidine rings is 3. The maximum Gasteiger partial charge on any atom is 0.255 e. The lowest BCUT2D eigenvalue weighted by atomic mass is 9.77. The van der Waals surface area contributed by atoms with E-state index in [9.17, 15) is 24.0 Å². The second-order valence-corrected chi connectivity index (χ2v) is 17.9. The lowest BCUT2D eigenvalue weighted by molar-refractivity contribution is -0.139. The highest BCUT2D eigenvalue weighted by Gasteiger charge is 2.49. The van der Waals surface area contributed by atoms with Gasteiger partial charge < -0.3 is 24.8 Å². The number of rotatable bonds is 10. The molecule has 4 aromatic rings. The smallest absolute Gasteiger partial charge is 0.255 e. The van der Waals surface area contributed by atoms with Crippen LogP contribution in [-0.4, -0.2) is 111 Å². The van der Waals surface area contributed by atoms with Crippen LogP contribution in [0.2, 0.25) is 5.02 Å². The highest BCUT2D eigenvalue weighted by molar-refractivity contribution is 6.32. The molecule has 6 aliphatic rings. The van der Waals surface area contributed by atoms with Crippen molar-refractivity contribution in [2.24, 2.45) is 5.41 Å². The summed E-state index contributed by atoms with van der Waals surface area (Å²) in [5.74, 6) is 0.873. The molecule has 0 bridgehead atoms. The Morgan fingerprint density at radius 1 is 0.903 bits per heavy atom. The first-order chi connectivity index (χ1) is 30.1. The highest BCUT2D eigenvalue weighted by atomic mass is 35.5. The van der Waals surface area contributed by atoms with E-state index in [2.05, 4.69) is 37.6 Å². The molecule has 5 fully saturated rings. The zero-order valence-corrected chi connectivity index (χ0v) is 35.1. The van der Waals surface area contributed by atoms with E-state index in [-0.39, 0.29) is 36.2 Å². The predicted octanol–water partition coefficient (Wildman–Crippen LogP) is 5.46. The van der Waals surface area contributed by atoms with E-state index < -0.39 is 17.4 Å². The molecule has 1 atom stereocenters. The Labute approximate surface area is 364 Å². The Morgan fingerprint density at radius 3 is 2.50 bits per heavy atom. The highest BCUT2D eigenvalue weighted by Crippen LogP contribution is 2.44. The number of ether oxygens (including phenoxy) is 1. The van der Waals surface area contributed by atoms with E-state index >= 15 is 0 Å². The minimum absolute atomic E-state index is 0.0287. The number of nitrogens with one attached hydrogen (secondary N) is 2. The first-order valence-corrected chi connectivity index (χ1v) is 22.1. The number of benzene rings is 2.